The maximum Gasteiger partial charge on any atom is 0.166 e. The molecule has 1 heterocycles. The third-order valence-electron chi connectivity index (χ3n) is 3.64. The number of hydrogen-bond acceptors (Lipinski definition) is 2. The van der Waals surface area contributed by atoms with Crippen LogP contribution in [0.2, 0.25) is 5.02 Å². The smallest absolute Gasteiger partial charge is 0.166 e. The molecule has 0 N–H and O–H groups in total. The van der Waals surface area contributed by atoms with Crippen molar-refractivity contribution >= 4 is 17.4 Å². The Balaban J connectivity index is 2.12. The molecule has 1 aliphatic rings. The van der Waals surface area contributed by atoms with E-state index in [0.29, 0.717) is 12.3 Å². The number of fused-ring (bicyclic) bond motifs is 1. The summed E-state index contributed by atoms with van der Waals surface area (Å²) in [6.45, 7) is 4.07. The van der Waals surface area contributed by atoms with E-state index in [-0.39, 0.29) is 5.78 Å². The number of halogens is 1. The van der Waals surface area contributed by atoms with Gasteiger partial charge in [-0.15, -0.1) is 0 Å². The number of nitrogens with zero attached hydrogens (tertiary/aromatic N) is 2. The molecule has 0 spiro atoms. The Kier molecular flexibility index (Phi) is 2.94. The average Bonchev–Trinajstić information content (AvgIpc) is 2.76. The Bertz CT molecular complexity index is 660. The quantitative estimate of drug-likeness (QED) is 0.796. The molecule has 98 valence electrons. The third-order valence-corrected chi connectivity index (χ3v) is 4.05. The summed E-state index contributed by atoms with van der Waals surface area (Å²) < 4.78 is 1.84. The van der Waals surface area contributed by atoms with Crippen LogP contribution in [0.5, 0.6) is 0 Å². The van der Waals surface area contributed by atoms with E-state index in [1.165, 1.54) is 0 Å². The molecule has 1 aromatic heterocycles. The lowest BCUT2D eigenvalue weighted by Crippen LogP contribution is -2.19. The molecule has 3 rings (SSSR count). The van der Waals surface area contributed by atoms with Gasteiger partial charge in [-0.25, -0.2) is 4.68 Å². The Morgan fingerprint density at radius 2 is 2.16 bits per heavy atom. The van der Waals surface area contributed by atoms with Crippen molar-refractivity contribution in [2.75, 3.05) is 0 Å². The van der Waals surface area contributed by atoms with Crippen LogP contribution in [0.4, 0.5) is 0 Å². The van der Waals surface area contributed by atoms with Crippen molar-refractivity contribution in [2.45, 2.75) is 26.7 Å². The number of ketones is 1. The lowest BCUT2D eigenvalue weighted by atomic mass is 9.88. The Morgan fingerprint density at radius 3 is 2.89 bits per heavy atom. The summed E-state index contributed by atoms with van der Waals surface area (Å²) in [6, 6.07) is 5.85. The number of aromatic nitrogens is 2. The summed E-state index contributed by atoms with van der Waals surface area (Å²) >= 11 is 6.16. The number of hydrogen-bond donors (Lipinski definition) is 0. The van der Waals surface area contributed by atoms with Gasteiger partial charge in [0.15, 0.2) is 5.78 Å². The van der Waals surface area contributed by atoms with Crippen molar-refractivity contribution in [2.24, 2.45) is 5.92 Å². The van der Waals surface area contributed by atoms with Crippen LogP contribution in [-0.4, -0.2) is 15.6 Å². The molecule has 0 fully saturated rings. The standard InChI is InChI=1S/C15H15ClN2O/c1-9-5-14-12(15(19)6-9)8-17-18(14)11-4-3-10(2)13(16)7-11/h3-4,7-9H,5-6H2,1-2H3/t9-/m1/s1. The maximum absolute atomic E-state index is 12.0. The van der Waals surface area contributed by atoms with Gasteiger partial charge in [-0.2, -0.15) is 5.10 Å². The fourth-order valence-electron chi connectivity index (χ4n) is 2.57. The van der Waals surface area contributed by atoms with Gasteiger partial charge in [0.1, 0.15) is 0 Å². The third kappa shape index (κ3) is 2.08. The minimum Gasteiger partial charge on any atom is -0.294 e. The first-order valence-corrected chi connectivity index (χ1v) is 6.80. The van der Waals surface area contributed by atoms with Crippen molar-refractivity contribution in [3.63, 3.8) is 0 Å². The number of carbonyl (C=O) groups excluding carboxylic acids is 1. The highest BCUT2D eigenvalue weighted by molar-refractivity contribution is 6.31. The lowest BCUT2D eigenvalue weighted by Gasteiger charge is -2.19. The molecule has 0 bridgehead atoms. The van der Waals surface area contributed by atoms with Gasteiger partial charge in [-0.1, -0.05) is 24.6 Å². The number of aryl methyl sites for hydroxylation is 1. The molecular weight excluding hydrogens is 260 g/mol. The molecule has 1 aromatic carbocycles. The minimum absolute atomic E-state index is 0.193. The Morgan fingerprint density at radius 1 is 1.37 bits per heavy atom. The van der Waals surface area contributed by atoms with Gasteiger partial charge < -0.3 is 0 Å². The van der Waals surface area contributed by atoms with E-state index in [1.807, 2.05) is 29.8 Å². The van der Waals surface area contributed by atoms with E-state index < -0.39 is 0 Å². The zero-order valence-electron chi connectivity index (χ0n) is 11.0. The Hall–Kier alpha value is -1.61. The number of benzene rings is 1. The van der Waals surface area contributed by atoms with Gasteiger partial charge in [0.2, 0.25) is 0 Å². The van der Waals surface area contributed by atoms with E-state index in [0.717, 1.165) is 34.0 Å². The summed E-state index contributed by atoms with van der Waals surface area (Å²) in [4.78, 5) is 12.0. The van der Waals surface area contributed by atoms with E-state index in [1.54, 1.807) is 6.20 Å². The van der Waals surface area contributed by atoms with Gasteiger partial charge in [0.25, 0.3) is 0 Å². The molecule has 0 saturated carbocycles. The number of Topliss-reactive ketones (excluding diaryl/α,β-unsaturated/α-hetero) is 1. The topological polar surface area (TPSA) is 34.9 Å². The van der Waals surface area contributed by atoms with Crippen LogP contribution >= 0.6 is 11.6 Å². The summed E-state index contributed by atoms with van der Waals surface area (Å²) in [5, 5.41) is 5.08. The van der Waals surface area contributed by atoms with Crippen molar-refractivity contribution < 1.29 is 4.79 Å². The first-order chi connectivity index (χ1) is 9.06. The second-order valence-electron chi connectivity index (χ2n) is 5.29. The van der Waals surface area contributed by atoms with E-state index >= 15 is 0 Å². The monoisotopic (exact) mass is 274 g/mol. The molecule has 2 aromatic rings. The van der Waals surface area contributed by atoms with Crippen LogP contribution < -0.4 is 0 Å². The first kappa shape index (κ1) is 12.4. The molecule has 1 aliphatic carbocycles. The largest absolute Gasteiger partial charge is 0.294 e. The van der Waals surface area contributed by atoms with Gasteiger partial charge in [0, 0.05) is 11.4 Å². The lowest BCUT2D eigenvalue weighted by molar-refractivity contribution is 0.0952. The number of carbonyl (C=O) groups is 1. The highest BCUT2D eigenvalue weighted by atomic mass is 35.5. The predicted octanol–water partition coefficient (Wildman–Crippen LogP) is 3.60. The minimum atomic E-state index is 0.193. The van der Waals surface area contributed by atoms with E-state index in [4.69, 9.17) is 11.6 Å². The van der Waals surface area contributed by atoms with Crippen LogP contribution in [0, 0.1) is 12.8 Å². The van der Waals surface area contributed by atoms with Gasteiger partial charge in [-0.05, 0) is 37.0 Å². The van der Waals surface area contributed by atoms with Gasteiger partial charge >= 0.3 is 0 Å². The summed E-state index contributed by atoms with van der Waals surface area (Å²) in [7, 11) is 0. The fraction of sp³-hybridized carbons (Fsp3) is 0.333. The SMILES string of the molecule is Cc1ccc(-n2ncc3c2C[C@@H](C)CC3=O)cc1Cl. The fourth-order valence-corrected chi connectivity index (χ4v) is 2.74. The highest BCUT2D eigenvalue weighted by Crippen LogP contribution is 2.28. The molecule has 0 unspecified atom stereocenters. The molecule has 4 heteroatoms. The summed E-state index contributed by atoms with van der Waals surface area (Å²) in [5.41, 5.74) is 3.72. The molecular formula is C15H15ClN2O. The molecule has 19 heavy (non-hydrogen) atoms. The van der Waals surface area contributed by atoms with Crippen molar-refractivity contribution in [3.05, 3.63) is 46.2 Å². The first-order valence-electron chi connectivity index (χ1n) is 6.43. The summed E-state index contributed by atoms with van der Waals surface area (Å²) in [6.07, 6.45) is 3.18. The van der Waals surface area contributed by atoms with Crippen molar-refractivity contribution in [1.82, 2.24) is 9.78 Å². The predicted molar refractivity (Wildman–Crippen MR) is 75.1 cm³/mol. The Labute approximate surface area is 117 Å². The van der Waals surface area contributed by atoms with Crippen LogP contribution in [0.15, 0.2) is 24.4 Å². The second kappa shape index (κ2) is 4.49. The van der Waals surface area contributed by atoms with Crippen molar-refractivity contribution in [1.29, 1.82) is 0 Å². The van der Waals surface area contributed by atoms with Crippen LogP contribution in [0.3, 0.4) is 0 Å². The van der Waals surface area contributed by atoms with Crippen molar-refractivity contribution in [3.8, 4) is 5.69 Å². The molecule has 1 atom stereocenters. The zero-order valence-corrected chi connectivity index (χ0v) is 11.7. The molecule has 0 aliphatic heterocycles. The van der Waals surface area contributed by atoms with E-state index in [9.17, 15) is 4.79 Å². The van der Waals surface area contributed by atoms with Gasteiger partial charge in [0.05, 0.1) is 23.1 Å². The highest BCUT2D eigenvalue weighted by Gasteiger charge is 2.26. The summed E-state index contributed by atoms with van der Waals surface area (Å²) in [5.74, 6) is 0.564. The molecule has 0 saturated heterocycles. The van der Waals surface area contributed by atoms with E-state index in [2.05, 4.69) is 12.0 Å². The maximum atomic E-state index is 12.0. The zero-order chi connectivity index (χ0) is 13.6. The second-order valence-corrected chi connectivity index (χ2v) is 5.69. The normalized spacial score (nSPS) is 18.5. The molecule has 0 radical (unpaired) electrons. The average molecular weight is 275 g/mol. The van der Waals surface area contributed by atoms with Gasteiger partial charge in [-0.3, -0.25) is 4.79 Å². The van der Waals surface area contributed by atoms with Crippen LogP contribution in [-0.2, 0) is 6.42 Å². The number of rotatable bonds is 1. The van der Waals surface area contributed by atoms with Crippen LogP contribution in [0.25, 0.3) is 5.69 Å². The van der Waals surface area contributed by atoms with Crippen LogP contribution in [0.1, 0.15) is 35.0 Å². The molecule has 0 amide bonds. The molecule has 3 nitrogen and oxygen atoms in total.